The number of hydrogen-bond donors (Lipinski definition) is 1. The molecule has 1 aromatic heterocycles. The molecule has 0 radical (unpaired) electrons. The number of benzene rings is 2. The van der Waals surface area contributed by atoms with Crippen LogP contribution >= 0.6 is 0 Å². The van der Waals surface area contributed by atoms with Gasteiger partial charge in [0.05, 0.1) is 23.6 Å². The van der Waals surface area contributed by atoms with E-state index in [0.29, 0.717) is 36.7 Å². The van der Waals surface area contributed by atoms with Crippen molar-refractivity contribution < 1.29 is 28.5 Å². The largest absolute Gasteiger partial charge is 0.493 e. The van der Waals surface area contributed by atoms with Crippen LogP contribution in [-0.2, 0) is 27.2 Å². The van der Waals surface area contributed by atoms with Crippen LogP contribution in [0.15, 0.2) is 48.5 Å². The van der Waals surface area contributed by atoms with Crippen molar-refractivity contribution in [2.24, 2.45) is 11.3 Å². The lowest BCUT2D eigenvalue weighted by molar-refractivity contribution is -0.160. The van der Waals surface area contributed by atoms with Crippen molar-refractivity contribution >= 4 is 11.7 Å². The van der Waals surface area contributed by atoms with E-state index < -0.39 is 17.7 Å². The summed E-state index contributed by atoms with van der Waals surface area (Å²) >= 11 is 0. The van der Waals surface area contributed by atoms with Gasteiger partial charge in [0.2, 0.25) is 0 Å². The summed E-state index contributed by atoms with van der Waals surface area (Å²) in [4.78, 5) is 23.0. The quantitative estimate of drug-likeness (QED) is 0.192. The van der Waals surface area contributed by atoms with Gasteiger partial charge in [-0.05, 0) is 107 Å². The predicted molar refractivity (Wildman–Crippen MR) is 196 cm³/mol. The Morgan fingerprint density at radius 3 is 2.32 bits per heavy atom. The summed E-state index contributed by atoms with van der Waals surface area (Å²) in [5, 5.41) is 10.7. The summed E-state index contributed by atoms with van der Waals surface area (Å²) in [6, 6.07) is 14.6. The number of aromatic nitrogens is 1. The van der Waals surface area contributed by atoms with Crippen LogP contribution < -0.4 is 9.64 Å². The molecule has 272 valence electrons. The summed E-state index contributed by atoms with van der Waals surface area (Å²) in [7, 11) is 2.15. The molecule has 1 atom stereocenters. The normalized spacial score (nSPS) is 17.6. The SMILES string of the molecule is Cc1nc(CN(C)CC2CCOCC2)c(-c2ccc(OCCc3ccc(F)cc3)cc2)c(N2CCC(C)(C)CC2)c1[C@H](OC(C)(C)C)C(=O)O. The van der Waals surface area contributed by atoms with Gasteiger partial charge in [0.1, 0.15) is 11.6 Å². The fourth-order valence-electron chi connectivity index (χ4n) is 7.09. The lowest BCUT2D eigenvalue weighted by Crippen LogP contribution is -2.39. The number of pyridine rings is 1. The van der Waals surface area contributed by atoms with Gasteiger partial charge in [-0.3, -0.25) is 4.98 Å². The number of aliphatic carboxylic acids is 1. The second kappa shape index (κ2) is 16.2. The Balaban J connectivity index is 1.57. The van der Waals surface area contributed by atoms with Crippen LogP contribution in [0.1, 0.15) is 88.9 Å². The van der Waals surface area contributed by atoms with Crippen molar-refractivity contribution in [2.45, 2.75) is 91.9 Å². The highest BCUT2D eigenvalue weighted by molar-refractivity contribution is 5.88. The fourth-order valence-corrected chi connectivity index (χ4v) is 7.09. The van der Waals surface area contributed by atoms with Crippen LogP contribution in [0.4, 0.5) is 10.1 Å². The van der Waals surface area contributed by atoms with E-state index in [2.05, 4.69) is 42.8 Å². The Labute approximate surface area is 297 Å². The summed E-state index contributed by atoms with van der Waals surface area (Å²) in [6.45, 7) is 17.4. The number of halogens is 1. The van der Waals surface area contributed by atoms with Crippen LogP contribution in [0, 0.1) is 24.1 Å². The van der Waals surface area contributed by atoms with E-state index in [9.17, 15) is 14.3 Å². The Morgan fingerprint density at radius 1 is 1.08 bits per heavy atom. The monoisotopic (exact) mass is 689 g/mol. The van der Waals surface area contributed by atoms with Crippen LogP contribution in [0.2, 0.25) is 0 Å². The van der Waals surface area contributed by atoms with Crippen LogP contribution in [0.25, 0.3) is 11.1 Å². The van der Waals surface area contributed by atoms with Gasteiger partial charge in [-0.1, -0.05) is 38.1 Å². The Hall–Kier alpha value is -3.53. The van der Waals surface area contributed by atoms with Gasteiger partial charge in [0, 0.05) is 62.6 Å². The topological polar surface area (TPSA) is 84.4 Å². The molecule has 3 heterocycles. The molecule has 9 heteroatoms. The average molecular weight is 690 g/mol. The first kappa shape index (κ1) is 37.7. The number of ether oxygens (including phenoxy) is 3. The second-order valence-electron chi connectivity index (χ2n) is 15.9. The number of aryl methyl sites for hydroxylation is 1. The first-order valence-electron chi connectivity index (χ1n) is 18.1. The second-order valence-corrected chi connectivity index (χ2v) is 15.9. The third-order valence-corrected chi connectivity index (χ3v) is 9.91. The number of rotatable bonds is 13. The van der Waals surface area contributed by atoms with Crippen LogP contribution in [-0.4, -0.2) is 73.1 Å². The summed E-state index contributed by atoms with van der Waals surface area (Å²) in [5.74, 6) is 0.0171. The number of piperidine rings is 1. The number of carboxylic acid groups (broad SMARTS) is 1. The van der Waals surface area contributed by atoms with Gasteiger partial charge < -0.3 is 29.1 Å². The van der Waals surface area contributed by atoms with Crippen LogP contribution in [0.3, 0.4) is 0 Å². The Bertz CT molecular complexity index is 1570. The number of hydrogen-bond acceptors (Lipinski definition) is 7. The van der Waals surface area contributed by atoms with E-state index in [1.165, 1.54) is 12.1 Å². The lowest BCUT2D eigenvalue weighted by atomic mass is 9.81. The van der Waals surface area contributed by atoms with E-state index in [1.54, 1.807) is 12.1 Å². The summed E-state index contributed by atoms with van der Waals surface area (Å²) in [5.41, 5.74) is 5.56. The molecule has 50 heavy (non-hydrogen) atoms. The highest BCUT2D eigenvalue weighted by Gasteiger charge is 2.37. The van der Waals surface area contributed by atoms with Crippen molar-refractivity contribution in [3.05, 3.63) is 76.9 Å². The molecule has 8 nitrogen and oxygen atoms in total. The molecule has 0 aliphatic carbocycles. The molecule has 5 rings (SSSR count). The smallest absolute Gasteiger partial charge is 0.337 e. The first-order valence-corrected chi connectivity index (χ1v) is 18.1. The van der Waals surface area contributed by atoms with Gasteiger partial charge in [0.15, 0.2) is 6.10 Å². The number of carbonyl (C=O) groups is 1. The van der Waals surface area contributed by atoms with E-state index in [-0.39, 0.29) is 11.2 Å². The average Bonchev–Trinajstić information content (AvgIpc) is 3.05. The van der Waals surface area contributed by atoms with Gasteiger partial charge >= 0.3 is 5.97 Å². The molecule has 1 N–H and O–H groups in total. The van der Waals surface area contributed by atoms with Gasteiger partial charge in [0.25, 0.3) is 0 Å². The molecule has 2 aliphatic rings. The fraction of sp³-hybridized carbons (Fsp3) is 0.561. The van der Waals surface area contributed by atoms with Gasteiger partial charge in [-0.2, -0.15) is 0 Å². The molecule has 0 bridgehead atoms. The molecule has 3 aromatic rings. The molecule has 0 amide bonds. The lowest BCUT2D eigenvalue weighted by Gasteiger charge is -2.41. The van der Waals surface area contributed by atoms with Crippen LogP contribution in [0.5, 0.6) is 5.75 Å². The maximum Gasteiger partial charge on any atom is 0.337 e. The minimum absolute atomic E-state index is 0.201. The summed E-state index contributed by atoms with van der Waals surface area (Å²) < 4.78 is 31.4. The molecule has 0 saturated carbocycles. The predicted octanol–water partition coefficient (Wildman–Crippen LogP) is 8.24. The molecule has 2 fully saturated rings. The highest BCUT2D eigenvalue weighted by atomic mass is 19.1. The van der Waals surface area contributed by atoms with Crippen molar-refractivity contribution in [1.29, 1.82) is 0 Å². The standard InChI is InChI=1S/C41H56FN3O5/c1-28-35(38(39(46)47)50-40(2,3)4)37(45-21-19-41(5,6)20-22-45)36(34(43-28)27-44(7)26-30-16-23-48-24-17-30)31-10-14-33(15-11-31)49-25-18-29-8-12-32(42)13-9-29/h8-15,30,38H,16-27H2,1-7H3,(H,46,47)/t38-/m0/s1. The molecule has 0 spiro atoms. The van der Waals surface area contributed by atoms with Crippen molar-refractivity contribution in [3.8, 4) is 16.9 Å². The molecule has 0 unspecified atom stereocenters. The van der Waals surface area contributed by atoms with E-state index in [0.717, 1.165) is 92.4 Å². The maximum absolute atomic E-state index is 13.4. The van der Waals surface area contributed by atoms with Crippen molar-refractivity contribution in [1.82, 2.24) is 9.88 Å². The first-order chi connectivity index (χ1) is 23.7. The molecule has 2 aromatic carbocycles. The molecular weight excluding hydrogens is 633 g/mol. The number of nitrogens with zero attached hydrogens (tertiary/aromatic N) is 3. The maximum atomic E-state index is 13.4. The third-order valence-electron chi connectivity index (χ3n) is 9.91. The Kier molecular flexibility index (Phi) is 12.2. The van der Waals surface area contributed by atoms with E-state index in [4.69, 9.17) is 19.2 Å². The Morgan fingerprint density at radius 2 is 1.72 bits per heavy atom. The number of anilines is 1. The van der Waals surface area contributed by atoms with Crippen molar-refractivity contribution in [2.75, 3.05) is 51.4 Å². The zero-order valence-electron chi connectivity index (χ0n) is 31.1. The van der Waals surface area contributed by atoms with Gasteiger partial charge in [-0.15, -0.1) is 0 Å². The third kappa shape index (κ3) is 10.0. The minimum Gasteiger partial charge on any atom is -0.493 e. The summed E-state index contributed by atoms with van der Waals surface area (Å²) in [6.07, 6.45) is 3.55. The van der Waals surface area contributed by atoms with Crippen molar-refractivity contribution in [3.63, 3.8) is 0 Å². The molecule has 2 saturated heterocycles. The zero-order chi connectivity index (χ0) is 36.1. The van der Waals surface area contributed by atoms with E-state index >= 15 is 0 Å². The minimum atomic E-state index is -1.19. The molecule has 2 aliphatic heterocycles. The van der Waals surface area contributed by atoms with E-state index in [1.807, 2.05) is 39.8 Å². The van der Waals surface area contributed by atoms with Gasteiger partial charge in [-0.25, -0.2) is 9.18 Å². The molecular formula is C41H56FN3O5. The zero-order valence-corrected chi connectivity index (χ0v) is 31.1. The highest BCUT2D eigenvalue weighted by Crippen LogP contribution is 2.45. The number of carboxylic acids is 1.